The summed E-state index contributed by atoms with van der Waals surface area (Å²) in [6.07, 6.45) is 6.59. The maximum atomic E-state index is 5.58. The maximum Gasteiger partial charge on any atom is 0.191 e. The van der Waals surface area contributed by atoms with Gasteiger partial charge in [-0.3, -0.25) is 9.89 Å². The number of aliphatic imine (C=N–C) groups is 1. The summed E-state index contributed by atoms with van der Waals surface area (Å²) in [5.74, 6) is 0.910. The molecule has 1 saturated carbocycles. The smallest absolute Gasteiger partial charge is 0.191 e. The van der Waals surface area contributed by atoms with Crippen LogP contribution in [0.25, 0.3) is 0 Å². The second-order valence-corrected chi connectivity index (χ2v) is 8.37. The number of halogens is 1. The van der Waals surface area contributed by atoms with Crippen molar-refractivity contribution in [2.24, 2.45) is 4.99 Å². The van der Waals surface area contributed by atoms with Gasteiger partial charge in [0.2, 0.25) is 0 Å². The highest BCUT2D eigenvalue weighted by Crippen LogP contribution is 2.33. The van der Waals surface area contributed by atoms with Crippen molar-refractivity contribution >= 4 is 29.9 Å². The highest BCUT2D eigenvalue weighted by Gasteiger charge is 2.38. The molecule has 2 rings (SSSR count). The fourth-order valence-corrected chi connectivity index (χ4v) is 3.78. The van der Waals surface area contributed by atoms with Gasteiger partial charge >= 0.3 is 0 Å². The van der Waals surface area contributed by atoms with Crippen LogP contribution in [-0.4, -0.2) is 87.4 Å². The van der Waals surface area contributed by atoms with E-state index in [1.165, 1.54) is 32.1 Å². The Morgan fingerprint density at radius 3 is 2.27 bits per heavy atom. The van der Waals surface area contributed by atoms with Gasteiger partial charge in [-0.05, 0) is 40.8 Å². The minimum Gasteiger partial charge on any atom is -0.379 e. The molecule has 7 heteroatoms. The molecule has 0 radical (unpaired) electrons. The fraction of sp³-hybridized carbons (Fsp3) is 0.947. The lowest BCUT2D eigenvalue weighted by Crippen LogP contribution is -2.61. The van der Waals surface area contributed by atoms with Crippen LogP contribution in [0.3, 0.4) is 0 Å². The summed E-state index contributed by atoms with van der Waals surface area (Å²) >= 11 is 0. The number of morpholine rings is 1. The molecule has 1 heterocycles. The maximum absolute atomic E-state index is 5.58. The summed E-state index contributed by atoms with van der Waals surface area (Å²) in [7, 11) is 6.10. The SMILES string of the molecule is CN=C(NCC(C)(C)N(C)C)NCC1(N2CCOCC2)CCCCC1.I. The monoisotopic (exact) mass is 481 g/mol. The molecule has 1 aliphatic heterocycles. The summed E-state index contributed by atoms with van der Waals surface area (Å²) in [6, 6.07) is 0. The molecule has 0 aromatic heterocycles. The summed E-state index contributed by atoms with van der Waals surface area (Å²) in [5.41, 5.74) is 0.348. The Morgan fingerprint density at radius 2 is 1.73 bits per heavy atom. The molecule has 0 spiro atoms. The van der Waals surface area contributed by atoms with Crippen LogP contribution >= 0.6 is 24.0 Å². The first-order chi connectivity index (χ1) is 11.9. The number of hydrogen-bond donors (Lipinski definition) is 2. The standard InChI is InChI=1S/C19H39N5O.HI/c1-18(2,23(4)5)15-21-17(20-3)22-16-19(9-7-6-8-10-19)24-11-13-25-14-12-24;/h6-16H2,1-5H3,(H2,20,21,22);1H. The van der Waals surface area contributed by atoms with Crippen molar-refractivity contribution in [2.45, 2.75) is 57.0 Å². The molecule has 154 valence electrons. The van der Waals surface area contributed by atoms with E-state index in [1.807, 2.05) is 7.05 Å². The first-order valence-electron chi connectivity index (χ1n) is 9.84. The molecule has 0 atom stereocenters. The average Bonchev–Trinajstić information content (AvgIpc) is 2.63. The lowest BCUT2D eigenvalue weighted by Gasteiger charge is -2.48. The molecule has 0 amide bonds. The van der Waals surface area contributed by atoms with Gasteiger partial charge in [0.15, 0.2) is 5.96 Å². The predicted octanol–water partition coefficient (Wildman–Crippen LogP) is 2.14. The molecule has 2 N–H and O–H groups in total. The Hall–Kier alpha value is -0.120. The van der Waals surface area contributed by atoms with Crippen LogP contribution in [0.4, 0.5) is 0 Å². The van der Waals surface area contributed by atoms with E-state index in [0.29, 0.717) is 0 Å². The van der Waals surface area contributed by atoms with Crippen molar-refractivity contribution in [1.29, 1.82) is 0 Å². The summed E-state index contributed by atoms with van der Waals surface area (Å²) < 4.78 is 5.58. The van der Waals surface area contributed by atoms with E-state index < -0.39 is 0 Å². The van der Waals surface area contributed by atoms with E-state index in [1.54, 1.807) is 0 Å². The molecule has 1 aliphatic carbocycles. The topological polar surface area (TPSA) is 52.1 Å². The number of hydrogen-bond acceptors (Lipinski definition) is 4. The first-order valence-corrected chi connectivity index (χ1v) is 9.84. The molecule has 0 unspecified atom stereocenters. The molecule has 0 bridgehead atoms. The van der Waals surface area contributed by atoms with Gasteiger partial charge in [-0.15, -0.1) is 24.0 Å². The number of guanidine groups is 1. The summed E-state index contributed by atoms with van der Waals surface area (Å²) in [6.45, 7) is 10.2. The van der Waals surface area contributed by atoms with Gasteiger partial charge in [0.1, 0.15) is 0 Å². The van der Waals surface area contributed by atoms with Crippen LogP contribution in [0.1, 0.15) is 46.0 Å². The lowest BCUT2D eigenvalue weighted by molar-refractivity contribution is -0.0352. The van der Waals surface area contributed by atoms with Crippen LogP contribution in [0.5, 0.6) is 0 Å². The molecule has 26 heavy (non-hydrogen) atoms. The number of ether oxygens (including phenoxy) is 1. The predicted molar refractivity (Wildman–Crippen MR) is 121 cm³/mol. The Balaban J connectivity index is 0.00000338. The Morgan fingerprint density at radius 1 is 1.12 bits per heavy atom. The third kappa shape index (κ3) is 6.49. The van der Waals surface area contributed by atoms with Crippen LogP contribution in [-0.2, 0) is 4.74 Å². The normalized spacial score (nSPS) is 22.0. The summed E-state index contributed by atoms with van der Waals surface area (Å²) in [4.78, 5) is 9.35. The van der Waals surface area contributed by atoms with Crippen molar-refractivity contribution in [1.82, 2.24) is 20.4 Å². The van der Waals surface area contributed by atoms with E-state index in [0.717, 1.165) is 45.4 Å². The van der Waals surface area contributed by atoms with Gasteiger partial charge in [0, 0.05) is 44.3 Å². The van der Waals surface area contributed by atoms with Crippen molar-refractivity contribution in [3.63, 3.8) is 0 Å². The molecule has 0 aromatic rings. The quantitative estimate of drug-likeness (QED) is 0.346. The lowest BCUT2D eigenvalue weighted by atomic mass is 9.80. The van der Waals surface area contributed by atoms with Crippen LogP contribution in [0.2, 0.25) is 0 Å². The second-order valence-electron chi connectivity index (χ2n) is 8.37. The molecule has 6 nitrogen and oxygen atoms in total. The van der Waals surface area contributed by atoms with E-state index in [4.69, 9.17) is 4.74 Å². The third-order valence-electron chi connectivity index (χ3n) is 6.17. The van der Waals surface area contributed by atoms with Gasteiger partial charge in [0.05, 0.1) is 13.2 Å². The zero-order valence-electron chi connectivity index (χ0n) is 17.4. The van der Waals surface area contributed by atoms with E-state index in [2.05, 4.69) is 53.4 Å². The second kappa shape index (κ2) is 11.0. The number of nitrogens with zero attached hydrogens (tertiary/aromatic N) is 3. The molecule has 2 fully saturated rings. The number of rotatable bonds is 6. The van der Waals surface area contributed by atoms with Crippen molar-refractivity contribution in [2.75, 3.05) is 60.5 Å². The highest BCUT2D eigenvalue weighted by molar-refractivity contribution is 14.0. The van der Waals surface area contributed by atoms with Gasteiger partial charge in [0.25, 0.3) is 0 Å². The molecule has 0 aromatic carbocycles. The first kappa shape index (κ1) is 23.9. The Labute approximate surface area is 177 Å². The van der Waals surface area contributed by atoms with E-state index >= 15 is 0 Å². The van der Waals surface area contributed by atoms with Crippen molar-refractivity contribution in [3.8, 4) is 0 Å². The van der Waals surface area contributed by atoms with E-state index in [-0.39, 0.29) is 35.1 Å². The van der Waals surface area contributed by atoms with Gasteiger partial charge < -0.3 is 20.3 Å². The zero-order valence-corrected chi connectivity index (χ0v) is 19.8. The van der Waals surface area contributed by atoms with E-state index in [9.17, 15) is 0 Å². The fourth-order valence-electron chi connectivity index (χ4n) is 3.78. The molecule has 1 saturated heterocycles. The van der Waals surface area contributed by atoms with Gasteiger partial charge in [-0.1, -0.05) is 19.3 Å². The molecular weight excluding hydrogens is 441 g/mol. The minimum atomic E-state index is 0. The third-order valence-corrected chi connectivity index (χ3v) is 6.17. The van der Waals surface area contributed by atoms with Crippen LogP contribution < -0.4 is 10.6 Å². The van der Waals surface area contributed by atoms with Crippen molar-refractivity contribution < 1.29 is 4.74 Å². The molecule has 2 aliphatic rings. The zero-order chi connectivity index (χ0) is 18.3. The van der Waals surface area contributed by atoms with Crippen molar-refractivity contribution in [3.05, 3.63) is 0 Å². The van der Waals surface area contributed by atoms with Crippen LogP contribution in [0.15, 0.2) is 4.99 Å². The number of likely N-dealkylation sites (N-methyl/N-ethyl adjacent to an activating group) is 1. The average molecular weight is 481 g/mol. The van der Waals surface area contributed by atoms with Crippen LogP contribution in [0, 0.1) is 0 Å². The van der Waals surface area contributed by atoms with Gasteiger partial charge in [-0.25, -0.2) is 0 Å². The molecular formula is C19H40IN5O. The minimum absolute atomic E-state index is 0. The Bertz CT molecular complexity index is 430. The largest absolute Gasteiger partial charge is 0.379 e. The summed E-state index contributed by atoms with van der Waals surface area (Å²) in [5, 5.41) is 7.13. The Kier molecular flexibility index (Phi) is 10.1. The number of nitrogens with one attached hydrogen (secondary N) is 2. The highest BCUT2D eigenvalue weighted by atomic mass is 127. The van der Waals surface area contributed by atoms with Gasteiger partial charge in [-0.2, -0.15) is 0 Å².